The molecule has 2 aliphatic heterocycles. The van der Waals surface area contributed by atoms with E-state index in [1.807, 2.05) is 0 Å². The number of rotatable bonds is 4. The van der Waals surface area contributed by atoms with Crippen LogP contribution < -0.4 is 0 Å². The molecular formula is C10H10O6. The van der Waals surface area contributed by atoms with Gasteiger partial charge in [0, 0.05) is 0 Å². The number of fused-ring (bicyclic) bond motifs is 1. The zero-order chi connectivity index (χ0) is 11.8. The Morgan fingerprint density at radius 2 is 1.31 bits per heavy atom. The topological polar surface area (TPSA) is 93.1 Å². The van der Waals surface area contributed by atoms with Crippen molar-refractivity contribution in [3.63, 3.8) is 0 Å². The van der Waals surface area contributed by atoms with Gasteiger partial charge in [0.2, 0.25) is 0 Å². The second-order valence-electron chi connectivity index (χ2n) is 3.76. The first-order chi connectivity index (χ1) is 7.50. The molecule has 2 rings (SSSR count). The quantitative estimate of drug-likeness (QED) is 0.725. The maximum absolute atomic E-state index is 10.8. The van der Waals surface area contributed by atoms with Gasteiger partial charge in [0.15, 0.2) is 11.2 Å². The maximum atomic E-state index is 10.8. The van der Waals surface area contributed by atoms with Gasteiger partial charge in [-0.1, -0.05) is 0 Å². The van der Waals surface area contributed by atoms with Crippen molar-refractivity contribution < 1.29 is 29.3 Å². The van der Waals surface area contributed by atoms with Crippen molar-refractivity contribution in [2.75, 3.05) is 0 Å². The average molecular weight is 226 g/mol. The van der Waals surface area contributed by atoms with Crippen LogP contribution in [0.2, 0.25) is 0 Å². The van der Waals surface area contributed by atoms with E-state index in [0.29, 0.717) is 0 Å². The molecule has 6 heteroatoms. The standard InChI is InChI=1S/C10H10O6/c11-7(12)5-9-1-3-15-10(9,2-4-16-9)6-8(13)14/h1-4H,5-6H2,(H,11,12)(H,13,14). The highest BCUT2D eigenvalue weighted by Gasteiger charge is 2.60. The fourth-order valence-corrected chi connectivity index (χ4v) is 2.04. The molecule has 0 aromatic rings. The Labute approximate surface area is 90.8 Å². The third-order valence-corrected chi connectivity index (χ3v) is 2.78. The van der Waals surface area contributed by atoms with E-state index in [4.69, 9.17) is 19.7 Å². The normalized spacial score (nSPS) is 34.2. The predicted octanol–water partition coefficient (Wildman–Crippen LogP) is 0.501. The van der Waals surface area contributed by atoms with Crippen molar-refractivity contribution in [2.24, 2.45) is 0 Å². The summed E-state index contributed by atoms with van der Waals surface area (Å²) in [6.45, 7) is 0. The number of carboxylic acids is 2. The Morgan fingerprint density at radius 3 is 1.62 bits per heavy atom. The molecule has 2 atom stereocenters. The first-order valence-electron chi connectivity index (χ1n) is 4.64. The average Bonchev–Trinajstić information content (AvgIpc) is 2.55. The molecule has 2 N–H and O–H groups in total. The number of ether oxygens (including phenoxy) is 2. The molecule has 0 saturated heterocycles. The van der Waals surface area contributed by atoms with Crippen LogP contribution in [0.4, 0.5) is 0 Å². The van der Waals surface area contributed by atoms with Gasteiger partial charge in [0.05, 0.1) is 25.4 Å². The van der Waals surface area contributed by atoms with Gasteiger partial charge in [-0.05, 0) is 12.2 Å². The third-order valence-electron chi connectivity index (χ3n) is 2.78. The van der Waals surface area contributed by atoms with Gasteiger partial charge in [-0.2, -0.15) is 0 Å². The molecule has 0 aliphatic carbocycles. The molecule has 6 nitrogen and oxygen atoms in total. The summed E-state index contributed by atoms with van der Waals surface area (Å²) in [7, 11) is 0. The third kappa shape index (κ3) is 1.34. The molecule has 0 fully saturated rings. The van der Waals surface area contributed by atoms with Crippen molar-refractivity contribution in [1.29, 1.82) is 0 Å². The Hall–Kier alpha value is -1.98. The summed E-state index contributed by atoms with van der Waals surface area (Å²) < 4.78 is 10.5. The van der Waals surface area contributed by atoms with E-state index in [1.165, 1.54) is 24.7 Å². The Kier molecular flexibility index (Phi) is 2.15. The van der Waals surface area contributed by atoms with E-state index in [-0.39, 0.29) is 12.8 Å². The number of hydrogen-bond acceptors (Lipinski definition) is 4. The first-order valence-corrected chi connectivity index (χ1v) is 4.64. The zero-order valence-electron chi connectivity index (χ0n) is 8.25. The lowest BCUT2D eigenvalue weighted by atomic mass is 9.80. The van der Waals surface area contributed by atoms with Crippen LogP contribution in [-0.4, -0.2) is 33.4 Å². The summed E-state index contributed by atoms with van der Waals surface area (Å²) in [5.41, 5.74) is -2.48. The SMILES string of the molecule is O=C(O)CC12C=COC1(CC(=O)O)C=CO2. The number of carboxylic acid groups (broad SMARTS) is 2. The van der Waals surface area contributed by atoms with Crippen LogP contribution in [-0.2, 0) is 19.1 Å². The van der Waals surface area contributed by atoms with Gasteiger partial charge < -0.3 is 19.7 Å². The second-order valence-corrected chi connectivity index (χ2v) is 3.76. The molecule has 86 valence electrons. The molecule has 0 spiro atoms. The largest absolute Gasteiger partial charge is 0.486 e. The molecule has 0 bridgehead atoms. The Balaban J connectivity index is 2.32. The van der Waals surface area contributed by atoms with Crippen LogP contribution in [0.3, 0.4) is 0 Å². The van der Waals surface area contributed by atoms with Gasteiger partial charge >= 0.3 is 11.9 Å². The molecular weight excluding hydrogens is 216 g/mol. The zero-order valence-corrected chi connectivity index (χ0v) is 8.25. The van der Waals surface area contributed by atoms with Crippen LogP contribution in [0.15, 0.2) is 24.7 Å². The van der Waals surface area contributed by atoms with Gasteiger partial charge in [0.1, 0.15) is 0 Å². The van der Waals surface area contributed by atoms with E-state index < -0.39 is 23.1 Å². The number of aliphatic carboxylic acids is 2. The molecule has 16 heavy (non-hydrogen) atoms. The lowest BCUT2D eigenvalue weighted by Crippen LogP contribution is -2.50. The van der Waals surface area contributed by atoms with Gasteiger partial charge in [-0.15, -0.1) is 0 Å². The Bertz CT molecular complexity index is 360. The summed E-state index contributed by atoms with van der Waals surface area (Å²) in [6.07, 6.45) is 4.78. The summed E-state index contributed by atoms with van der Waals surface area (Å²) in [6, 6.07) is 0. The monoisotopic (exact) mass is 226 g/mol. The van der Waals surface area contributed by atoms with Crippen molar-refractivity contribution in [2.45, 2.75) is 24.0 Å². The van der Waals surface area contributed by atoms with Crippen LogP contribution >= 0.6 is 0 Å². The predicted molar refractivity (Wildman–Crippen MR) is 50.4 cm³/mol. The van der Waals surface area contributed by atoms with Crippen molar-refractivity contribution in [1.82, 2.24) is 0 Å². The molecule has 0 saturated carbocycles. The summed E-state index contributed by atoms with van der Waals surface area (Å²) in [4.78, 5) is 21.6. The van der Waals surface area contributed by atoms with Gasteiger partial charge in [-0.25, -0.2) is 0 Å². The van der Waals surface area contributed by atoms with Crippen molar-refractivity contribution in [3.05, 3.63) is 24.7 Å². The highest BCUT2D eigenvalue weighted by atomic mass is 16.6. The molecule has 0 amide bonds. The fraction of sp³-hybridized carbons (Fsp3) is 0.400. The molecule has 2 heterocycles. The van der Waals surface area contributed by atoms with Crippen LogP contribution in [0.5, 0.6) is 0 Å². The number of hydrogen-bond donors (Lipinski definition) is 2. The minimum atomic E-state index is -1.24. The second kappa shape index (κ2) is 3.26. The molecule has 2 aliphatic rings. The molecule has 0 aromatic heterocycles. The van der Waals surface area contributed by atoms with Crippen molar-refractivity contribution in [3.8, 4) is 0 Å². The molecule has 0 radical (unpaired) electrons. The number of carbonyl (C=O) groups is 2. The molecule has 2 unspecified atom stereocenters. The van der Waals surface area contributed by atoms with Crippen LogP contribution in [0.25, 0.3) is 0 Å². The minimum Gasteiger partial charge on any atom is -0.486 e. The van der Waals surface area contributed by atoms with Gasteiger partial charge in [0.25, 0.3) is 0 Å². The maximum Gasteiger partial charge on any atom is 0.307 e. The summed E-state index contributed by atoms with van der Waals surface area (Å²) in [5.74, 6) is -2.15. The minimum absolute atomic E-state index is 0.343. The van der Waals surface area contributed by atoms with E-state index in [1.54, 1.807) is 0 Å². The smallest absolute Gasteiger partial charge is 0.307 e. The van der Waals surface area contributed by atoms with Crippen molar-refractivity contribution >= 4 is 11.9 Å². The molecule has 0 aromatic carbocycles. The van der Waals surface area contributed by atoms with E-state index in [9.17, 15) is 9.59 Å². The van der Waals surface area contributed by atoms with Crippen LogP contribution in [0, 0.1) is 0 Å². The summed E-state index contributed by atoms with van der Waals surface area (Å²) >= 11 is 0. The highest BCUT2D eigenvalue weighted by Crippen LogP contribution is 2.46. The fourth-order valence-electron chi connectivity index (χ4n) is 2.04. The van der Waals surface area contributed by atoms with E-state index in [2.05, 4.69) is 0 Å². The van der Waals surface area contributed by atoms with E-state index >= 15 is 0 Å². The van der Waals surface area contributed by atoms with E-state index in [0.717, 1.165) is 0 Å². The summed E-state index contributed by atoms with van der Waals surface area (Å²) in [5, 5.41) is 17.6. The first kappa shape index (κ1) is 10.5. The lowest BCUT2D eigenvalue weighted by Gasteiger charge is -2.34. The van der Waals surface area contributed by atoms with Crippen LogP contribution in [0.1, 0.15) is 12.8 Å². The lowest BCUT2D eigenvalue weighted by molar-refractivity contribution is -0.153. The van der Waals surface area contributed by atoms with Gasteiger partial charge in [-0.3, -0.25) is 9.59 Å². The highest BCUT2D eigenvalue weighted by molar-refractivity contribution is 5.73. The Morgan fingerprint density at radius 1 is 0.938 bits per heavy atom.